The largest absolute Gasteiger partial charge is 0.500 e. The van der Waals surface area contributed by atoms with Gasteiger partial charge in [-0.1, -0.05) is 13.3 Å². The fraction of sp³-hybridized carbons (Fsp3) is 0.800. The number of carbonyl (C=O) groups is 1. The van der Waals surface area contributed by atoms with Crippen LogP contribution in [0.15, 0.2) is 11.8 Å². The quantitative estimate of drug-likeness (QED) is 0.769. The summed E-state index contributed by atoms with van der Waals surface area (Å²) >= 11 is 0. The van der Waals surface area contributed by atoms with Gasteiger partial charge in [0.2, 0.25) is 0 Å². The van der Waals surface area contributed by atoms with Crippen LogP contribution in [-0.4, -0.2) is 67.7 Å². The van der Waals surface area contributed by atoms with Crippen LogP contribution in [0.25, 0.3) is 0 Å². The molecule has 0 aromatic carbocycles. The van der Waals surface area contributed by atoms with E-state index in [1.165, 1.54) is 0 Å². The molecule has 0 N–H and O–H groups in total. The molecule has 2 atom stereocenters. The molecule has 1 amide bonds. The Labute approximate surface area is 120 Å². The number of nitrogens with zero attached hydrogens (tertiary/aromatic N) is 2. The van der Waals surface area contributed by atoms with Gasteiger partial charge < -0.3 is 14.4 Å². The predicted molar refractivity (Wildman–Crippen MR) is 75.2 cm³/mol. The van der Waals surface area contributed by atoms with E-state index in [0.29, 0.717) is 18.6 Å². The molecule has 3 aliphatic rings. The van der Waals surface area contributed by atoms with Crippen molar-refractivity contribution < 1.29 is 14.3 Å². The Morgan fingerprint density at radius 2 is 2.10 bits per heavy atom. The highest BCUT2D eigenvalue weighted by atomic mass is 16.5. The summed E-state index contributed by atoms with van der Waals surface area (Å²) in [4.78, 5) is 17.0. The predicted octanol–water partition coefficient (Wildman–Crippen LogP) is 0.860. The van der Waals surface area contributed by atoms with Crippen LogP contribution in [0.3, 0.4) is 0 Å². The van der Waals surface area contributed by atoms with Gasteiger partial charge in [0.1, 0.15) is 0 Å². The third-order valence-corrected chi connectivity index (χ3v) is 4.72. The summed E-state index contributed by atoms with van der Waals surface area (Å²) in [5, 5.41) is 0. The van der Waals surface area contributed by atoms with E-state index >= 15 is 0 Å². The summed E-state index contributed by atoms with van der Waals surface area (Å²) in [6, 6.07) is 0.496. The number of carbonyl (C=O) groups excluding carboxylic acids is 1. The molecule has 2 fully saturated rings. The molecule has 5 heteroatoms. The highest BCUT2D eigenvalue weighted by Crippen LogP contribution is 2.27. The van der Waals surface area contributed by atoms with Crippen LogP contribution in [-0.2, 0) is 14.3 Å². The van der Waals surface area contributed by atoms with Gasteiger partial charge in [0.25, 0.3) is 5.91 Å². The molecule has 3 aliphatic heterocycles. The van der Waals surface area contributed by atoms with Crippen LogP contribution >= 0.6 is 0 Å². The highest BCUT2D eigenvalue weighted by molar-refractivity contribution is 5.93. The number of amides is 1. The first-order valence-corrected chi connectivity index (χ1v) is 7.71. The van der Waals surface area contributed by atoms with Gasteiger partial charge in [-0.3, -0.25) is 9.69 Å². The van der Waals surface area contributed by atoms with Crippen LogP contribution in [0.5, 0.6) is 0 Å². The standard InChI is InChI=1S/C15H24N2O3/c1-2-12-9-17(15(18)13-3-6-20-11-13)10-14(12)16-4-7-19-8-5-16/h11-12,14H,2-10H2,1H3/t12-,14-/m1/s1. The number of hydrogen-bond donors (Lipinski definition) is 0. The Balaban J connectivity index is 1.65. The molecule has 3 heterocycles. The lowest BCUT2D eigenvalue weighted by Gasteiger charge is -2.34. The van der Waals surface area contributed by atoms with Crippen LogP contribution in [0.1, 0.15) is 19.8 Å². The van der Waals surface area contributed by atoms with Gasteiger partial charge >= 0.3 is 0 Å². The molecule has 2 saturated heterocycles. The minimum absolute atomic E-state index is 0.178. The van der Waals surface area contributed by atoms with Crippen molar-refractivity contribution in [2.75, 3.05) is 46.0 Å². The van der Waals surface area contributed by atoms with Crippen molar-refractivity contribution in [2.45, 2.75) is 25.8 Å². The zero-order valence-electron chi connectivity index (χ0n) is 12.2. The lowest BCUT2D eigenvalue weighted by molar-refractivity contribution is -0.126. The van der Waals surface area contributed by atoms with Gasteiger partial charge in [0.15, 0.2) is 0 Å². The maximum Gasteiger partial charge on any atom is 0.253 e. The van der Waals surface area contributed by atoms with Gasteiger partial charge in [-0.25, -0.2) is 0 Å². The number of likely N-dealkylation sites (tertiary alicyclic amines) is 1. The second-order valence-electron chi connectivity index (χ2n) is 5.86. The van der Waals surface area contributed by atoms with E-state index in [4.69, 9.17) is 9.47 Å². The summed E-state index contributed by atoms with van der Waals surface area (Å²) in [7, 11) is 0. The summed E-state index contributed by atoms with van der Waals surface area (Å²) in [6.45, 7) is 8.25. The average molecular weight is 280 g/mol. The van der Waals surface area contributed by atoms with E-state index in [2.05, 4.69) is 11.8 Å². The molecule has 0 unspecified atom stereocenters. The maximum absolute atomic E-state index is 12.5. The monoisotopic (exact) mass is 280 g/mol. The second-order valence-corrected chi connectivity index (χ2v) is 5.86. The number of hydrogen-bond acceptors (Lipinski definition) is 4. The number of rotatable bonds is 3. The first-order valence-electron chi connectivity index (χ1n) is 7.71. The van der Waals surface area contributed by atoms with Gasteiger partial charge in [-0.2, -0.15) is 0 Å². The van der Waals surface area contributed by atoms with Crippen LogP contribution < -0.4 is 0 Å². The van der Waals surface area contributed by atoms with Gasteiger partial charge in [-0.05, 0) is 5.92 Å². The van der Waals surface area contributed by atoms with E-state index in [9.17, 15) is 4.79 Å². The average Bonchev–Trinajstić information content (AvgIpc) is 3.17. The number of morpholine rings is 1. The SMILES string of the molecule is CC[C@@H]1CN(C(=O)C2=COCC2)C[C@H]1N1CCOCC1. The molecule has 3 rings (SSSR count). The summed E-state index contributed by atoms with van der Waals surface area (Å²) < 4.78 is 10.6. The molecule has 112 valence electrons. The smallest absolute Gasteiger partial charge is 0.253 e. The van der Waals surface area contributed by atoms with E-state index in [-0.39, 0.29) is 5.91 Å². The second kappa shape index (κ2) is 6.14. The minimum Gasteiger partial charge on any atom is -0.500 e. The summed E-state index contributed by atoms with van der Waals surface area (Å²) in [6.07, 6.45) is 3.53. The molecule has 0 aromatic rings. The lowest BCUT2D eigenvalue weighted by atomic mass is 9.99. The van der Waals surface area contributed by atoms with Crippen molar-refractivity contribution in [2.24, 2.45) is 5.92 Å². The van der Waals surface area contributed by atoms with Gasteiger partial charge in [0, 0.05) is 38.6 Å². The minimum atomic E-state index is 0.178. The summed E-state index contributed by atoms with van der Waals surface area (Å²) in [5.41, 5.74) is 0.836. The van der Waals surface area contributed by atoms with E-state index < -0.39 is 0 Å². The Morgan fingerprint density at radius 3 is 2.75 bits per heavy atom. The Kier molecular flexibility index (Phi) is 4.27. The van der Waals surface area contributed by atoms with Gasteiger partial charge in [-0.15, -0.1) is 0 Å². The maximum atomic E-state index is 12.5. The third kappa shape index (κ3) is 2.69. The molecule has 20 heavy (non-hydrogen) atoms. The van der Waals surface area contributed by atoms with Crippen molar-refractivity contribution in [3.05, 3.63) is 11.8 Å². The van der Waals surface area contributed by atoms with Crippen LogP contribution in [0.2, 0.25) is 0 Å². The van der Waals surface area contributed by atoms with E-state index in [0.717, 1.165) is 57.8 Å². The zero-order valence-corrected chi connectivity index (χ0v) is 12.2. The Morgan fingerprint density at radius 1 is 1.30 bits per heavy atom. The third-order valence-electron chi connectivity index (χ3n) is 4.72. The van der Waals surface area contributed by atoms with Crippen LogP contribution in [0, 0.1) is 5.92 Å². The fourth-order valence-corrected chi connectivity index (χ4v) is 3.49. The first-order chi connectivity index (χ1) is 9.79. The molecule has 0 spiro atoms. The van der Waals surface area contributed by atoms with Crippen LogP contribution in [0.4, 0.5) is 0 Å². The molecular weight excluding hydrogens is 256 g/mol. The molecular formula is C15H24N2O3. The van der Waals surface area contributed by atoms with Crippen molar-refractivity contribution >= 4 is 5.91 Å². The van der Waals surface area contributed by atoms with E-state index in [1.54, 1.807) is 6.26 Å². The summed E-state index contributed by atoms with van der Waals surface area (Å²) in [5.74, 6) is 0.761. The molecule has 0 radical (unpaired) electrons. The molecule has 0 bridgehead atoms. The number of ether oxygens (including phenoxy) is 2. The van der Waals surface area contributed by atoms with Gasteiger partial charge in [0.05, 0.1) is 31.7 Å². The highest BCUT2D eigenvalue weighted by Gasteiger charge is 2.38. The van der Waals surface area contributed by atoms with Crippen molar-refractivity contribution in [3.63, 3.8) is 0 Å². The molecule has 5 nitrogen and oxygen atoms in total. The topological polar surface area (TPSA) is 42.0 Å². The molecule has 0 aromatic heterocycles. The van der Waals surface area contributed by atoms with E-state index in [1.807, 2.05) is 4.90 Å². The molecule has 0 aliphatic carbocycles. The first kappa shape index (κ1) is 13.9. The van der Waals surface area contributed by atoms with Crippen molar-refractivity contribution in [1.29, 1.82) is 0 Å². The normalized spacial score (nSPS) is 31.2. The zero-order chi connectivity index (χ0) is 13.9. The Hall–Kier alpha value is -1.07. The van der Waals surface area contributed by atoms with Crippen molar-refractivity contribution in [3.8, 4) is 0 Å². The van der Waals surface area contributed by atoms with Crippen molar-refractivity contribution in [1.82, 2.24) is 9.80 Å². The lowest BCUT2D eigenvalue weighted by Crippen LogP contribution is -2.47. The Bertz CT molecular complexity index is 391. The fourth-order valence-electron chi connectivity index (χ4n) is 3.49. The molecule has 0 saturated carbocycles.